The van der Waals surface area contributed by atoms with Crippen LogP contribution in [-0.2, 0) is 6.54 Å². The third kappa shape index (κ3) is 2.65. The normalized spacial score (nSPS) is 10.5. The standard InChI is InChI=1S/C13H16N2OS/c1-9-13(15-12(17-9)8-14-2)10-4-6-11(16-3)7-5-10/h4-7,14H,8H2,1-3H3. The first kappa shape index (κ1) is 12.1. The van der Waals surface area contributed by atoms with E-state index in [9.17, 15) is 0 Å². The fourth-order valence-corrected chi connectivity index (χ4v) is 2.66. The molecule has 2 aromatic rings. The smallest absolute Gasteiger partial charge is 0.118 e. The number of aryl methyl sites for hydroxylation is 1. The van der Waals surface area contributed by atoms with Crippen LogP contribution in [0, 0.1) is 6.92 Å². The molecule has 0 amide bonds. The summed E-state index contributed by atoms with van der Waals surface area (Å²) in [6, 6.07) is 8.02. The van der Waals surface area contributed by atoms with Gasteiger partial charge in [-0.3, -0.25) is 0 Å². The molecule has 0 unspecified atom stereocenters. The average molecular weight is 248 g/mol. The lowest BCUT2D eigenvalue weighted by atomic mass is 10.1. The number of benzene rings is 1. The van der Waals surface area contributed by atoms with E-state index in [1.54, 1.807) is 18.4 Å². The zero-order valence-corrected chi connectivity index (χ0v) is 11.1. The van der Waals surface area contributed by atoms with Crippen molar-refractivity contribution < 1.29 is 4.74 Å². The number of methoxy groups -OCH3 is 1. The number of hydrogen-bond acceptors (Lipinski definition) is 4. The maximum Gasteiger partial charge on any atom is 0.118 e. The van der Waals surface area contributed by atoms with Crippen LogP contribution in [0.25, 0.3) is 11.3 Å². The van der Waals surface area contributed by atoms with Crippen molar-refractivity contribution in [1.82, 2.24) is 10.3 Å². The van der Waals surface area contributed by atoms with E-state index in [0.717, 1.165) is 28.6 Å². The Morgan fingerprint density at radius 3 is 2.59 bits per heavy atom. The summed E-state index contributed by atoms with van der Waals surface area (Å²) in [6.45, 7) is 2.93. The number of nitrogens with one attached hydrogen (secondary N) is 1. The Hall–Kier alpha value is -1.39. The molecule has 1 N–H and O–H groups in total. The Morgan fingerprint density at radius 1 is 1.29 bits per heavy atom. The molecule has 0 saturated carbocycles. The van der Waals surface area contributed by atoms with E-state index in [0.29, 0.717) is 0 Å². The third-order valence-corrected chi connectivity index (χ3v) is 3.50. The molecule has 0 bridgehead atoms. The van der Waals surface area contributed by atoms with E-state index in [2.05, 4.69) is 17.2 Å². The molecule has 0 radical (unpaired) electrons. The van der Waals surface area contributed by atoms with Gasteiger partial charge in [0.05, 0.1) is 12.8 Å². The SMILES string of the molecule is CNCc1nc(-c2ccc(OC)cc2)c(C)s1. The number of ether oxygens (including phenoxy) is 1. The van der Waals surface area contributed by atoms with Gasteiger partial charge in [-0.05, 0) is 38.2 Å². The van der Waals surface area contributed by atoms with Crippen molar-refractivity contribution in [3.05, 3.63) is 34.2 Å². The predicted octanol–water partition coefficient (Wildman–Crippen LogP) is 2.85. The molecule has 4 heteroatoms. The van der Waals surface area contributed by atoms with Gasteiger partial charge in [-0.15, -0.1) is 11.3 Å². The van der Waals surface area contributed by atoms with E-state index >= 15 is 0 Å². The molecule has 0 aliphatic rings. The Kier molecular flexibility index (Phi) is 3.76. The fraction of sp³-hybridized carbons (Fsp3) is 0.308. The van der Waals surface area contributed by atoms with Gasteiger partial charge in [0.1, 0.15) is 10.8 Å². The van der Waals surface area contributed by atoms with Crippen molar-refractivity contribution in [2.45, 2.75) is 13.5 Å². The van der Waals surface area contributed by atoms with Gasteiger partial charge < -0.3 is 10.1 Å². The van der Waals surface area contributed by atoms with Gasteiger partial charge in [-0.1, -0.05) is 0 Å². The van der Waals surface area contributed by atoms with Crippen LogP contribution in [0.1, 0.15) is 9.88 Å². The second-order valence-corrected chi connectivity index (χ2v) is 5.06. The lowest BCUT2D eigenvalue weighted by Crippen LogP contribution is -2.04. The molecule has 0 aliphatic carbocycles. The molecule has 0 atom stereocenters. The Balaban J connectivity index is 2.31. The summed E-state index contributed by atoms with van der Waals surface area (Å²) in [6.07, 6.45) is 0. The summed E-state index contributed by atoms with van der Waals surface area (Å²) in [5, 5.41) is 4.24. The van der Waals surface area contributed by atoms with E-state index in [-0.39, 0.29) is 0 Å². The molecule has 17 heavy (non-hydrogen) atoms. The molecule has 0 saturated heterocycles. The van der Waals surface area contributed by atoms with E-state index in [1.807, 2.05) is 31.3 Å². The molecular formula is C13H16N2OS. The maximum absolute atomic E-state index is 5.15. The molecule has 3 nitrogen and oxygen atoms in total. The van der Waals surface area contributed by atoms with Gasteiger partial charge in [-0.2, -0.15) is 0 Å². The van der Waals surface area contributed by atoms with Crippen LogP contribution in [0.4, 0.5) is 0 Å². The minimum absolute atomic E-state index is 0.821. The maximum atomic E-state index is 5.15. The number of aromatic nitrogens is 1. The quantitative estimate of drug-likeness (QED) is 0.903. The van der Waals surface area contributed by atoms with Crippen LogP contribution < -0.4 is 10.1 Å². The Bertz CT molecular complexity index is 491. The van der Waals surface area contributed by atoms with Gasteiger partial charge in [0, 0.05) is 17.0 Å². The number of thiazole rings is 1. The van der Waals surface area contributed by atoms with Crippen molar-refractivity contribution in [1.29, 1.82) is 0 Å². The summed E-state index contributed by atoms with van der Waals surface area (Å²) in [4.78, 5) is 5.89. The van der Waals surface area contributed by atoms with Crippen LogP contribution in [0.3, 0.4) is 0 Å². The van der Waals surface area contributed by atoms with Crippen LogP contribution >= 0.6 is 11.3 Å². The average Bonchev–Trinajstić information content (AvgIpc) is 2.71. The van der Waals surface area contributed by atoms with Crippen molar-refractivity contribution in [3.8, 4) is 17.0 Å². The molecule has 0 spiro atoms. The zero-order chi connectivity index (χ0) is 12.3. The highest BCUT2D eigenvalue weighted by atomic mass is 32.1. The Labute approximate surface area is 105 Å². The molecule has 2 rings (SSSR count). The van der Waals surface area contributed by atoms with Gasteiger partial charge in [0.25, 0.3) is 0 Å². The fourth-order valence-electron chi connectivity index (χ4n) is 1.69. The Morgan fingerprint density at radius 2 is 2.00 bits per heavy atom. The minimum Gasteiger partial charge on any atom is -0.497 e. The zero-order valence-electron chi connectivity index (χ0n) is 10.3. The van der Waals surface area contributed by atoms with Crippen molar-refractivity contribution in [2.75, 3.05) is 14.2 Å². The lowest BCUT2D eigenvalue weighted by Gasteiger charge is -2.01. The summed E-state index contributed by atoms with van der Waals surface area (Å²) in [5.74, 6) is 0.872. The van der Waals surface area contributed by atoms with Gasteiger partial charge in [0.2, 0.25) is 0 Å². The van der Waals surface area contributed by atoms with Gasteiger partial charge in [-0.25, -0.2) is 4.98 Å². The van der Waals surface area contributed by atoms with Crippen LogP contribution in [-0.4, -0.2) is 19.1 Å². The largest absolute Gasteiger partial charge is 0.497 e. The molecule has 0 aliphatic heterocycles. The molecule has 90 valence electrons. The highest BCUT2D eigenvalue weighted by Crippen LogP contribution is 2.28. The van der Waals surface area contributed by atoms with Crippen LogP contribution in [0.15, 0.2) is 24.3 Å². The number of rotatable bonds is 4. The van der Waals surface area contributed by atoms with E-state index in [4.69, 9.17) is 4.74 Å². The third-order valence-electron chi connectivity index (χ3n) is 2.53. The first-order chi connectivity index (χ1) is 8.24. The van der Waals surface area contributed by atoms with Gasteiger partial charge in [0.15, 0.2) is 0 Å². The summed E-state index contributed by atoms with van der Waals surface area (Å²) in [5.41, 5.74) is 2.21. The summed E-state index contributed by atoms with van der Waals surface area (Å²) >= 11 is 1.74. The van der Waals surface area contributed by atoms with Crippen LogP contribution in [0.5, 0.6) is 5.75 Å². The first-order valence-electron chi connectivity index (χ1n) is 5.50. The predicted molar refractivity (Wildman–Crippen MR) is 71.6 cm³/mol. The van der Waals surface area contributed by atoms with Crippen molar-refractivity contribution in [3.63, 3.8) is 0 Å². The topological polar surface area (TPSA) is 34.2 Å². The monoisotopic (exact) mass is 248 g/mol. The first-order valence-corrected chi connectivity index (χ1v) is 6.31. The minimum atomic E-state index is 0.821. The molecular weight excluding hydrogens is 232 g/mol. The highest BCUT2D eigenvalue weighted by molar-refractivity contribution is 7.12. The second-order valence-electron chi connectivity index (χ2n) is 3.77. The lowest BCUT2D eigenvalue weighted by molar-refractivity contribution is 0.415. The second kappa shape index (κ2) is 5.29. The molecule has 0 fully saturated rings. The molecule has 1 aromatic heterocycles. The summed E-state index contributed by atoms with van der Waals surface area (Å²) < 4.78 is 5.15. The van der Waals surface area contributed by atoms with E-state index in [1.165, 1.54) is 4.88 Å². The molecule has 1 heterocycles. The molecule has 1 aromatic carbocycles. The van der Waals surface area contributed by atoms with Crippen LogP contribution in [0.2, 0.25) is 0 Å². The number of nitrogens with zero attached hydrogens (tertiary/aromatic N) is 1. The van der Waals surface area contributed by atoms with Gasteiger partial charge >= 0.3 is 0 Å². The van der Waals surface area contributed by atoms with Crippen molar-refractivity contribution in [2.24, 2.45) is 0 Å². The number of hydrogen-bond donors (Lipinski definition) is 1. The highest BCUT2D eigenvalue weighted by Gasteiger charge is 2.09. The van der Waals surface area contributed by atoms with Crippen molar-refractivity contribution >= 4 is 11.3 Å². The summed E-state index contributed by atoms with van der Waals surface area (Å²) in [7, 11) is 3.61. The van der Waals surface area contributed by atoms with E-state index < -0.39 is 0 Å².